The molecule has 0 saturated carbocycles. The van der Waals surface area contributed by atoms with E-state index in [2.05, 4.69) is 17.4 Å². The molecule has 1 aliphatic heterocycles. The topological polar surface area (TPSA) is 24.5 Å². The third-order valence-electron chi connectivity index (χ3n) is 2.84. The Labute approximate surface area is 81.4 Å². The van der Waals surface area contributed by atoms with Crippen LogP contribution in [0.15, 0.2) is 0 Å². The van der Waals surface area contributed by atoms with Gasteiger partial charge in [-0.15, -0.1) is 0 Å². The molecule has 78 valence electrons. The lowest BCUT2D eigenvalue weighted by Crippen LogP contribution is -2.30. The average molecular weight is 186 g/mol. The van der Waals surface area contributed by atoms with Crippen LogP contribution in [0.2, 0.25) is 0 Å². The fourth-order valence-corrected chi connectivity index (χ4v) is 1.90. The summed E-state index contributed by atoms with van der Waals surface area (Å²) in [6.45, 7) is 3.40. The molecule has 0 spiro atoms. The van der Waals surface area contributed by atoms with Gasteiger partial charge in [0.25, 0.3) is 0 Å². The largest absolute Gasteiger partial charge is 0.306 e. The van der Waals surface area contributed by atoms with Crippen LogP contribution >= 0.6 is 0 Å². The highest BCUT2D eigenvalue weighted by molar-refractivity contribution is 4.69. The summed E-state index contributed by atoms with van der Waals surface area (Å²) < 4.78 is 0. The van der Waals surface area contributed by atoms with E-state index in [1.165, 1.54) is 38.8 Å². The van der Waals surface area contributed by atoms with Crippen molar-refractivity contribution in [2.24, 2.45) is 5.92 Å². The van der Waals surface area contributed by atoms with E-state index < -0.39 is 0 Å². The second-order valence-corrected chi connectivity index (χ2v) is 3.94. The minimum absolute atomic E-state index is 0.850. The van der Waals surface area contributed by atoms with Gasteiger partial charge in [0.2, 0.25) is 0 Å². The molecule has 1 fully saturated rings. The quantitative estimate of drug-likeness (QED) is 0.517. The second-order valence-electron chi connectivity index (χ2n) is 3.94. The van der Waals surface area contributed by atoms with Crippen LogP contribution in [-0.2, 0) is 4.84 Å². The van der Waals surface area contributed by atoms with Crippen molar-refractivity contribution in [3.05, 3.63) is 0 Å². The normalized spacial score (nSPS) is 20.8. The maximum atomic E-state index is 5.09. The Balaban J connectivity index is 1.96. The van der Waals surface area contributed by atoms with Crippen molar-refractivity contribution in [2.75, 3.05) is 33.8 Å². The SMILES string of the molecule is CNOCCCC1CCN(C)CC1. The van der Waals surface area contributed by atoms with Crippen molar-refractivity contribution in [1.82, 2.24) is 10.4 Å². The lowest BCUT2D eigenvalue weighted by molar-refractivity contribution is 0.0513. The molecule has 0 amide bonds. The molecule has 0 atom stereocenters. The summed E-state index contributed by atoms with van der Waals surface area (Å²) in [5, 5.41) is 0. The first-order valence-corrected chi connectivity index (χ1v) is 5.30. The van der Waals surface area contributed by atoms with Gasteiger partial charge in [0.1, 0.15) is 0 Å². The summed E-state index contributed by atoms with van der Waals surface area (Å²) in [7, 11) is 4.02. The van der Waals surface area contributed by atoms with E-state index in [9.17, 15) is 0 Å². The van der Waals surface area contributed by atoms with Gasteiger partial charge >= 0.3 is 0 Å². The predicted octanol–water partition coefficient (Wildman–Crippen LogP) is 1.26. The van der Waals surface area contributed by atoms with Crippen LogP contribution in [0.5, 0.6) is 0 Å². The summed E-state index contributed by atoms with van der Waals surface area (Å²) in [6.07, 6.45) is 5.26. The van der Waals surface area contributed by atoms with Crippen LogP contribution in [0.1, 0.15) is 25.7 Å². The van der Waals surface area contributed by atoms with Crippen LogP contribution in [0.3, 0.4) is 0 Å². The van der Waals surface area contributed by atoms with Gasteiger partial charge in [-0.25, -0.2) is 5.48 Å². The molecule has 0 radical (unpaired) electrons. The number of nitrogens with one attached hydrogen (secondary N) is 1. The molecular formula is C10H22N2O. The first-order chi connectivity index (χ1) is 6.33. The molecular weight excluding hydrogens is 164 g/mol. The van der Waals surface area contributed by atoms with Crippen LogP contribution in [0, 0.1) is 5.92 Å². The van der Waals surface area contributed by atoms with Crippen LogP contribution in [-0.4, -0.2) is 38.7 Å². The van der Waals surface area contributed by atoms with E-state index in [4.69, 9.17) is 4.84 Å². The molecule has 1 aliphatic rings. The maximum Gasteiger partial charge on any atom is 0.0682 e. The molecule has 0 bridgehead atoms. The first kappa shape index (κ1) is 11.0. The molecule has 0 aromatic heterocycles. The second kappa shape index (κ2) is 6.35. The highest BCUT2D eigenvalue weighted by Gasteiger charge is 2.15. The molecule has 0 aromatic carbocycles. The van der Waals surface area contributed by atoms with Gasteiger partial charge in [0.05, 0.1) is 6.61 Å². The molecule has 3 nitrogen and oxygen atoms in total. The number of hydrogen-bond acceptors (Lipinski definition) is 3. The van der Waals surface area contributed by atoms with E-state index in [-0.39, 0.29) is 0 Å². The third-order valence-corrected chi connectivity index (χ3v) is 2.84. The van der Waals surface area contributed by atoms with Crippen LogP contribution in [0.4, 0.5) is 0 Å². The molecule has 0 aromatic rings. The average Bonchev–Trinajstić information content (AvgIpc) is 2.15. The van der Waals surface area contributed by atoms with Gasteiger partial charge in [-0.1, -0.05) is 0 Å². The van der Waals surface area contributed by atoms with Crippen molar-refractivity contribution in [1.29, 1.82) is 0 Å². The number of piperidine rings is 1. The van der Waals surface area contributed by atoms with E-state index in [0.717, 1.165) is 12.5 Å². The van der Waals surface area contributed by atoms with E-state index >= 15 is 0 Å². The minimum atomic E-state index is 0.850. The summed E-state index contributed by atoms with van der Waals surface area (Å²) in [4.78, 5) is 7.50. The molecule has 1 heterocycles. The summed E-state index contributed by atoms with van der Waals surface area (Å²) >= 11 is 0. The van der Waals surface area contributed by atoms with Gasteiger partial charge in [0.15, 0.2) is 0 Å². The maximum absolute atomic E-state index is 5.09. The Morgan fingerprint density at radius 3 is 2.69 bits per heavy atom. The molecule has 0 aliphatic carbocycles. The standard InChI is InChI=1S/C10H22N2O/c1-11-13-9-3-4-10-5-7-12(2)8-6-10/h10-11H,3-9H2,1-2H3. The Bertz CT molecular complexity index is 122. The van der Waals surface area contributed by atoms with Crippen molar-refractivity contribution in [3.63, 3.8) is 0 Å². The molecule has 1 saturated heterocycles. The molecule has 1 rings (SSSR count). The van der Waals surface area contributed by atoms with Gasteiger partial charge in [-0.3, -0.25) is 0 Å². The lowest BCUT2D eigenvalue weighted by atomic mass is 9.93. The highest BCUT2D eigenvalue weighted by Crippen LogP contribution is 2.20. The highest BCUT2D eigenvalue weighted by atomic mass is 16.6. The molecule has 13 heavy (non-hydrogen) atoms. The zero-order valence-electron chi connectivity index (χ0n) is 8.88. The molecule has 3 heteroatoms. The van der Waals surface area contributed by atoms with Crippen molar-refractivity contribution in [3.8, 4) is 0 Å². The van der Waals surface area contributed by atoms with Gasteiger partial charge in [-0.2, -0.15) is 0 Å². The van der Waals surface area contributed by atoms with E-state index in [1.807, 2.05) is 7.05 Å². The number of rotatable bonds is 5. The Morgan fingerprint density at radius 2 is 2.08 bits per heavy atom. The zero-order chi connectivity index (χ0) is 9.52. The monoisotopic (exact) mass is 186 g/mol. The Kier molecular flexibility index (Phi) is 5.35. The predicted molar refractivity (Wildman–Crippen MR) is 54.5 cm³/mol. The molecule has 0 unspecified atom stereocenters. The summed E-state index contributed by atoms with van der Waals surface area (Å²) in [5.41, 5.74) is 2.70. The van der Waals surface area contributed by atoms with Crippen LogP contribution in [0.25, 0.3) is 0 Å². The number of hydrogen-bond donors (Lipinski definition) is 1. The van der Waals surface area contributed by atoms with Gasteiger partial charge in [-0.05, 0) is 51.7 Å². The Hall–Kier alpha value is -0.120. The third kappa shape index (κ3) is 4.60. The smallest absolute Gasteiger partial charge is 0.0682 e. The van der Waals surface area contributed by atoms with Gasteiger partial charge in [0, 0.05) is 7.05 Å². The zero-order valence-corrected chi connectivity index (χ0v) is 8.88. The van der Waals surface area contributed by atoms with E-state index in [0.29, 0.717) is 0 Å². The Morgan fingerprint density at radius 1 is 1.38 bits per heavy atom. The summed E-state index contributed by atoms with van der Waals surface area (Å²) in [5.74, 6) is 0.941. The van der Waals surface area contributed by atoms with Crippen LogP contribution < -0.4 is 5.48 Å². The van der Waals surface area contributed by atoms with Crippen molar-refractivity contribution >= 4 is 0 Å². The fourth-order valence-electron chi connectivity index (χ4n) is 1.90. The van der Waals surface area contributed by atoms with Gasteiger partial charge < -0.3 is 9.74 Å². The minimum Gasteiger partial charge on any atom is -0.306 e. The number of hydroxylamine groups is 1. The fraction of sp³-hybridized carbons (Fsp3) is 1.00. The summed E-state index contributed by atoms with van der Waals surface area (Å²) in [6, 6.07) is 0. The molecule has 1 N–H and O–H groups in total. The van der Waals surface area contributed by atoms with Crippen molar-refractivity contribution < 1.29 is 4.84 Å². The van der Waals surface area contributed by atoms with E-state index in [1.54, 1.807) is 0 Å². The number of nitrogens with zero attached hydrogens (tertiary/aromatic N) is 1. The van der Waals surface area contributed by atoms with Crippen molar-refractivity contribution in [2.45, 2.75) is 25.7 Å². The number of likely N-dealkylation sites (tertiary alicyclic amines) is 1. The lowest BCUT2D eigenvalue weighted by Gasteiger charge is -2.28. The first-order valence-electron chi connectivity index (χ1n) is 5.30.